The van der Waals surface area contributed by atoms with Crippen LogP contribution in [0, 0.1) is 0 Å². The fourth-order valence-corrected chi connectivity index (χ4v) is 5.22. The van der Waals surface area contributed by atoms with Gasteiger partial charge in [0.05, 0.1) is 25.5 Å². The second kappa shape index (κ2) is 25.4. The molecule has 0 aliphatic rings. The molecule has 0 saturated heterocycles. The molecule has 0 atom stereocenters. The van der Waals surface area contributed by atoms with E-state index in [2.05, 4.69) is 87.8 Å². The van der Waals surface area contributed by atoms with Gasteiger partial charge in [-0.15, -0.1) is 70.5 Å². The van der Waals surface area contributed by atoms with Gasteiger partial charge in [0.25, 0.3) is 0 Å². The molecule has 0 aliphatic heterocycles. The number of imidazole rings is 2. The summed E-state index contributed by atoms with van der Waals surface area (Å²) < 4.78 is 8.46. The van der Waals surface area contributed by atoms with Gasteiger partial charge in [-0.1, -0.05) is 24.3 Å². The average molecular weight is 1040 g/mol. The number of nitrogens with one attached hydrogen (secondary N) is 4. The lowest BCUT2D eigenvalue weighted by atomic mass is 10.2. The van der Waals surface area contributed by atoms with E-state index >= 15 is 0 Å². The highest BCUT2D eigenvalue weighted by Crippen LogP contribution is 2.20. The Morgan fingerprint density at radius 1 is 0.776 bits per heavy atom. The molecule has 0 spiro atoms. The minimum Gasteiger partial charge on any atom is -0.508 e. The Morgan fingerprint density at radius 3 is 1.62 bits per heavy atom. The number of halogens is 5. The van der Waals surface area contributed by atoms with E-state index in [0.29, 0.717) is 66.7 Å². The zero-order chi connectivity index (χ0) is 42.6. The minimum atomic E-state index is -0.350. The Kier molecular flexibility index (Phi) is 21.2. The molecule has 4 aromatic heterocycles. The topological polar surface area (TPSA) is 273 Å². The van der Waals surface area contributed by atoms with E-state index in [9.17, 15) is 14.7 Å². The summed E-state index contributed by atoms with van der Waals surface area (Å²) in [6.07, 6.45) is 2.91. The van der Waals surface area contributed by atoms with Crippen LogP contribution < -0.4 is 38.2 Å². The molecular formula is C34H48BBr3Cl2N12O6. The number of phenolic OH excluding ortho intramolecular Hbond substituents is 1. The molecular weight excluding hydrogens is 994 g/mol. The van der Waals surface area contributed by atoms with Gasteiger partial charge in [0, 0.05) is 29.2 Å². The monoisotopic (exact) mass is 1040 g/mol. The molecule has 318 valence electrons. The number of aliphatic hydroxyl groups is 2. The maximum atomic E-state index is 12.4. The molecule has 0 aliphatic carbocycles. The molecule has 58 heavy (non-hydrogen) atoms. The van der Waals surface area contributed by atoms with Gasteiger partial charge >= 0.3 is 14.6 Å². The number of aliphatic hydroxyl groups excluding tert-OH is 2. The number of unbranched alkanes of at least 4 members (excludes halogenated alkanes) is 2. The van der Waals surface area contributed by atoms with Crippen molar-refractivity contribution in [1.29, 1.82) is 0 Å². The van der Waals surface area contributed by atoms with Gasteiger partial charge in [-0.25, -0.2) is 9.59 Å². The van der Waals surface area contributed by atoms with Gasteiger partial charge in [-0.2, -0.15) is 19.9 Å². The van der Waals surface area contributed by atoms with Crippen molar-refractivity contribution in [3.63, 3.8) is 0 Å². The van der Waals surface area contributed by atoms with Crippen LogP contribution in [0.2, 0.25) is 0 Å². The molecule has 0 radical (unpaired) electrons. The lowest BCUT2D eigenvalue weighted by Crippen LogP contribution is -2.18. The van der Waals surface area contributed by atoms with Crippen LogP contribution in [0.25, 0.3) is 22.3 Å². The number of ether oxygens (including phenoxy) is 1. The molecule has 6 rings (SSSR count). The molecule has 0 fully saturated rings. The molecule has 0 saturated carbocycles. The van der Waals surface area contributed by atoms with Crippen LogP contribution >= 0.6 is 70.5 Å². The summed E-state index contributed by atoms with van der Waals surface area (Å²) in [5.74, 6) is 1.92. The van der Waals surface area contributed by atoms with E-state index in [-0.39, 0.29) is 59.9 Å². The number of aromatic nitrogens is 8. The first-order chi connectivity index (χ1) is 27.8. The highest BCUT2D eigenvalue weighted by Gasteiger charge is 2.16. The summed E-state index contributed by atoms with van der Waals surface area (Å²) in [6.45, 7) is 2.04. The maximum Gasteiger partial charge on any atom is 0.369 e. The summed E-state index contributed by atoms with van der Waals surface area (Å²) in [4.78, 5) is 47.1. The SMILES string of the molecule is BrB(Br)Br.COc1cccc(Cn2c(=O)[nH]c3c(N)nc(NCCCCO)nc32)c1.ClCCl.Nc1nc(NCCCCO)nc2c1[nH]c(=O)n2Cc1cccc(O)c1.[HH].[HH]. The van der Waals surface area contributed by atoms with Crippen molar-refractivity contribution in [2.24, 2.45) is 0 Å². The molecule has 18 nitrogen and oxygen atoms in total. The number of benzene rings is 2. The number of alkyl halides is 2. The Labute approximate surface area is 371 Å². The van der Waals surface area contributed by atoms with E-state index in [0.717, 1.165) is 29.7 Å². The molecule has 0 unspecified atom stereocenters. The third-order valence-corrected chi connectivity index (χ3v) is 7.76. The number of nitrogens with zero attached hydrogens (tertiary/aromatic N) is 6. The zero-order valence-corrected chi connectivity index (χ0v) is 37.5. The number of nitrogens with two attached hydrogens (primary N) is 2. The number of aromatic amines is 2. The first-order valence-electron chi connectivity index (χ1n) is 17.5. The van der Waals surface area contributed by atoms with Crippen molar-refractivity contribution >= 4 is 120 Å². The molecule has 0 amide bonds. The number of hydrogen-bond acceptors (Lipinski definition) is 14. The van der Waals surface area contributed by atoms with Gasteiger partial charge < -0.3 is 52.1 Å². The number of rotatable bonds is 15. The first kappa shape index (κ1) is 48.3. The average Bonchev–Trinajstić information content (AvgIpc) is 3.67. The maximum absolute atomic E-state index is 12.4. The van der Waals surface area contributed by atoms with E-state index in [1.54, 1.807) is 25.3 Å². The van der Waals surface area contributed by atoms with Gasteiger partial charge in [-0.05, 0) is 61.1 Å². The highest BCUT2D eigenvalue weighted by atomic mass is 79.9. The fourth-order valence-electron chi connectivity index (χ4n) is 5.22. The van der Waals surface area contributed by atoms with Gasteiger partial charge in [0.1, 0.15) is 22.5 Å². The van der Waals surface area contributed by atoms with Crippen molar-refractivity contribution in [3.05, 3.63) is 80.6 Å². The van der Waals surface area contributed by atoms with Gasteiger partial charge in [0.2, 0.25) is 11.9 Å². The summed E-state index contributed by atoms with van der Waals surface area (Å²) in [7, 11) is 1.60. The molecule has 11 N–H and O–H groups in total. The molecule has 6 aromatic rings. The lowest BCUT2D eigenvalue weighted by Gasteiger charge is -2.08. The minimum absolute atomic E-state index is 0. The Bertz CT molecular complexity index is 2310. The van der Waals surface area contributed by atoms with Crippen molar-refractivity contribution in [2.45, 2.75) is 38.8 Å². The van der Waals surface area contributed by atoms with Crippen molar-refractivity contribution in [2.75, 3.05) is 60.9 Å². The van der Waals surface area contributed by atoms with Crippen LogP contribution in [0.15, 0.2) is 58.1 Å². The molecule has 2 aromatic carbocycles. The van der Waals surface area contributed by atoms with Gasteiger partial charge in [0.15, 0.2) is 22.9 Å². The first-order valence-corrected chi connectivity index (χ1v) is 21.3. The third kappa shape index (κ3) is 15.3. The second-order valence-corrected chi connectivity index (χ2v) is 19.1. The van der Waals surface area contributed by atoms with Crippen LogP contribution in [0.3, 0.4) is 0 Å². The molecule has 4 heterocycles. The summed E-state index contributed by atoms with van der Waals surface area (Å²) in [5.41, 5.74) is 14.5. The lowest BCUT2D eigenvalue weighted by molar-refractivity contribution is 0.286. The molecule has 0 bridgehead atoms. The number of H-pyrrole nitrogens is 2. The predicted octanol–water partition coefficient (Wildman–Crippen LogP) is 5.65. The fraction of sp³-hybridized carbons (Fsp3) is 0.353. The Balaban J connectivity index is 0.000000505. The number of methoxy groups -OCH3 is 1. The van der Waals surface area contributed by atoms with Crippen LogP contribution in [0.1, 0.15) is 39.7 Å². The standard InChI is InChI=1S/C17H22N6O3.C16H20N6O3.CH2Cl2.BBr3.2H2/c1-26-12-6-4-5-11(9-12)10-23-15-13(20-17(23)25)14(18)21-16(22-15)19-7-2-3-8-24;17-13-12-14(21-15(20-13)18-6-1-2-7-23)22(16(25)19-12)9-10-4-3-5-11(24)8-10;2-1-3;2-1(3)4;;/h4-6,9,24H,2-3,7-8,10H2,1H3,(H,20,25)(H3,18,19,21,22);3-5,8,23-24H,1-2,6-7,9H2,(H,19,25)(H3,17,18,20,21);1H2;;2*1H. The largest absolute Gasteiger partial charge is 0.508 e. The number of anilines is 4. The number of nitrogen functional groups attached to an aromatic ring is 2. The number of phenols is 1. The number of aromatic hydroxyl groups is 1. The van der Waals surface area contributed by atoms with Crippen molar-refractivity contribution < 1.29 is 22.9 Å². The smallest absolute Gasteiger partial charge is 0.369 e. The second-order valence-electron chi connectivity index (χ2n) is 11.9. The Morgan fingerprint density at radius 2 is 1.21 bits per heavy atom. The summed E-state index contributed by atoms with van der Waals surface area (Å²) >= 11 is 18.8. The quantitative estimate of drug-likeness (QED) is 0.0342. The van der Waals surface area contributed by atoms with Crippen LogP contribution in [-0.4, -0.2) is 96.3 Å². The van der Waals surface area contributed by atoms with E-state index in [4.69, 9.17) is 49.6 Å². The van der Waals surface area contributed by atoms with E-state index in [1.807, 2.05) is 30.3 Å². The molecule has 24 heteroatoms. The summed E-state index contributed by atoms with van der Waals surface area (Å²) in [6, 6.07) is 14.2. The number of hydrogen-bond donors (Lipinski definition) is 9. The van der Waals surface area contributed by atoms with Crippen LogP contribution in [0.4, 0.5) is 23.5 Å². The van der Waals surface area contributed by atoms with Crippen molar-refractivity contribution in [3.8, 4) is 11.5 Å². The zero-order valence-electron chi connectivity index (χ0n) is 31.3. The number of fused-ring (bicyclic) bond motifs is 2. The normalized spacial score (nSPS) is 10.5. The summed E-state index contributed by atoms with van der Waals surface area (Å²) in [5, 5.41) is 33.5. The third-order valence-electron chi connectivity index (χ3n) is 7.76. The predicted molar refractivity (Wildman–Crippen MR) is 247 cm³/mol. The van der Waals surface area contributed by atoms with Gasteiger partial charge in [-0.3, -0.25) is 9.13 Å². The van der Waals surface area contributed by atoms with E-state index in [1.165, 1.54) is 9.13 Å². The Hall–Kier alpha value is -4.06. The van der Waals surface area contributed by atoms with Crippen LogP contribution in [-0.2, 0) is 13.1 Å². The van der Waals surface area contributed by atoms with Crippen molar-refractivity contribution in [1.82, 2.24) is 39.0 Å². The van der Waals surface area contributed by atoms with Crippen LogP contribution in [0.5, 0.6) is 11.5 Å². The van der Waals surface area contributed by atoms with E-state index < -0.39 is 0 Å². The highest BCUT2D eigenvalue weighted by molar-refractivity contribution is 9.69.